The van der Waals surface area contributed by atoms with E-state index in [0.29, 0.717) is 5.56 Å². The Hall–Kier alpha value is -1.41. The maximum atomic E-state index is 10.7. The van der Waals surface area contributed by atoms with Gasteiger partial charge in [-0.15, -0.1) is 0 Å². The fraction of sp³-hybridized carbons (Fsp3) is 0.0714. The van der Waals surface area contributed by atoms with Gasteiger partial charge in [-0.3, -0.25) is 4.79 Å². The first-order valence-electron chi connectivity index (χ1n) is 5.06. The second-order valence-electron chi connectivity index (χ2n) is 3.67. The fourth-order valence-electron chi connectivity index (χ4n) is 1.68. The molecule has 0 unspecified atom stereocenters. The van der Waals surface area contributed by atoms with E-state index < -0.39 is 0 Å². The molecule has 0 aromatic heterocycles. The van der Waals surface area contributed by atoms with Gasteiger partial charge in [-0.2, -0.15) is 0 Å². The van der Waals surface area contributed by atoms with Crippen LogP contribution in [0.5, 0.6) is 0 Å². The maximum Gasteiger partial charge on any atom is 0.150 e. The van der Waals surface area contributed by atoms with Gasteiger partial charge < -0.3 is 0 Å². The van der Waals surface area contributed by atoms with Crippen LogP contribution in [0.1, 0.15) is 21.5 Å². The molecule has 0 fully saturated rings. The van der Waals surface area contributed by atoms with E-state index in [1.54, 1.807) is 0 Å². The molecule has 2 heteroatoms. The van der Waals surface area contributed by atoms with E-state index in [4.69, 9.17) is 0 Å². The molecule has 0 aliphatic rings. The monoisotopic (exact) mass is 274 g/mol. The lowest BCUT2D eigenvalue weighted by molar-refractivity contribution is 0.112. The lowest BCUT2D eigenvalue weighted by atomic mass is 10.0. The molecular weight excluding hydrogens is 264 g/mol. The molecule has 1 nitrogen and oxygen atoms in total. The molecule has 0 aliphatic carbocycles. The van der Waals surface area contributed by atoms with Gasteiger partial charge in [0.25, 0.3) is 0 Å². The number of rotatable bonds is 3. The molecule has 0 spiro atoms. The van der Waals surface area contributed by atoms with E-state index in [0.717, 1.165) is 22.7 Å². The molecule has 0 aliphatic heterocycles. The van der Waals surface area contributed by atoms with Crippen molar-refractivity contribution in [3.8, 4) is 0 Å². The number of halogens is 1. The topological polar surface area (TPSA) is 17.1 Å². The van der Waals surface area contributed by atoms with Gasteiger partial charge in [0.05, 0.1) is 0 Å². The summed E-state index contributed by atoms with van der Waals surface area (Å²) in [6.45, 7) is 0. The average Bonchev–Trinajstić information content (AvgIpc) is 2.29. The van der Waals surface area contributed by atoms with Crippen molar-refractivity contribution in [2.45, 2.75) is 6.42 Å². The Balaban J connectivity index is 2.28. The summed E-state index contributed by atoms with van der Waals surface area (Å²) in [5, 5.41) is 0. The summed E-state index contributed by atoms with van der Waals surface area (Å²) in [5.41, 5.74) is 3.10. The van der Waals surface area contributed by atoms with Crippen LogP contribution < -0.4 is 0 Å². The van der Waals surface area contributed by atoms with E-state index >= 15 is 0 Å². The number of hydrogen-bond acceptors (Lipinski definition) is 1. The molecule has 0 atom stereocenters. The first kappa shape index (κ1) is 11.1. The smallest absolute Gasteiger partial charge is 0.150 e. The highest BCUT2D eigenvalue weighted by Gasteiger charge is 2.00. The van der Waals surface area contributed by atoms with Crippen LogP contribution in [0, 0.1) is 0 Å². The van der Waals surface area contributed by atoms with Gasteiger partial charge in [0.15, 0.2) is 0 Å². The Morgan fingerprint density at radius 2 is 1.75 bits per heavy atom. The summed E-state index contributed by atoms with van der Waals surface area (Å²) in [7, 11) is 0. The van der Waals surface area contributed by atoms with Crippen LogP contribution in [0.3, 0.4) is 0 Å². The van der Waals surface area contributed by atoms with Crippen molar-refractivity contribution >= 4 is 22.2 Å². The standard InChI is InChI=1S/C14H11BrO/c15-14-8-12(7-13(9-14)10-16)6-11-4-2-1-3-5-11/h1-5,7-10H,6H2. The predicted molar refractivity (Wildman–Crippen MR) is 68.8 cm³/mol. The molecule has 80 valence electrons. The van der Waals surface area contributed by atoms with Crippen LogP contribution in [0.4, 0.5) is 0 Å². The van der Waals surface area contributed by atoms with Crippen LogP contribution in [-0.2, 0) is 6.42 Å². The predicted octanol–water partition coefficient (Wildman–Crippen LogP) is 3.85. The third kappa shape index (κ3) is 2.80. The molecule has 0 amide bonds. The molecule has 16 heavy (non-hydrogen) atoms. The van der Waals surface area contributed by atoms with E-state index in [2.05, 4.69) is 28.1 Å². The highest BCUT2D eigenvalue weighted by Crippen LogP contribution is 2.17. The van der Waals surface area contributed by atoms with Gasteiger partial charge in [0.2, 0.25) is 0 Å². The highest BCUT2D eigenvalue weighted by molar-refractivity contribution is 9.10. The summed E-state index contributed by atoms with van der Waals surface area (Å²) in [4.78, 5) is 10.7. The minimum Gasteiger partial charge on any atom is -0.298 e. The third-order valence-corrected chi connectivity index (χ3v) is 2.82. The first-order valence-corrected chi connectivity index (χ1v) is 5.86. The van der Waals surface area contributed by atoms with Crippen molar-refractivity contribution < 1.29 is 4.79 Å². The summed E-state index contributed by atoms with van der Waals surface area (Å²) in [5.74, 6) is 0. The molecule has 0 saturated heterocycles. The molecule has 2 rings (SSSR count). The Morgan fingerprint density at radius 1 is 1.00 bits per heavy atom. The lowest BCUT2D eigenvalue weighted by Crippen LogP contribution is -1.90. The second-order valence-corrected chi connectivity index (χ2v) is 4.59. The third-order valence-electron chi connectivity index (χ3n) is 2.37. The van der Waals surface area contributed by atoms with E-state index in [1.807, 2.05) is 36.4 Å². The van der Waals surface area contributed by atoms with Gasteiger partial charge in [-0.1, -0.05) is 46.3 Å². The zero-order valence-corrected chi connectivity index (χ0v) is 10.3. The van der Waals surface area contributed by atoms with Crippen molar-refractivity contribution in [1.29, 1.82) is 0 Å². The van der Waals surface area contributed by atoms with Crippen molar-refractivity contribution in [2.75, 3.05) is 0 Å². The molecule has 0 saturated carbocycles. The Labute approximate surface area is 103 Å². The molecule has 0 radical (unpaired) electrons. The van der Waals surface area contributed by atoms with Crippen molar-refractivity contribution in [2.24, 2.45) is 0 Å². The minimum atomic E-state index is 0.709. The Morgan fingerprint density at radius 3 is 2.44 bits per heavy atom. The number of carbonyl (C=O) groups excluding carboxylic acids is 1. The Kier molecular flexibility index (Phi) is 3.52. The van der Waals surface area contributed by atoms with Crippen molar-refractivity contribution in [3.63, 3.8) is 0 Å². The van der Waals surface area contributed by atoms with E-state index in [9.17, 15) is 4.79 Å². The fourth-order valence-corrected chi connectivity index (χ4v) is 2.24. The second kappa shape index (κ2) is 5.08. The molecule has 0 bridgehead atoms. The van der Waals surface area contributed by atoms with Crippen LogP contribution in [0.25, 0.3) is 0 Å². The van der Waals surface area contributed by atoms with Crippen molar-refractivity contribution in [3.05, 3.63) is 69.7 Å². The van der Waals surface area contributed by atoms with Gasteiger partial charge >= 0.3 is 0 Å². The largest absolute Gasteiger partial charge is 0.298 e. The van der Waals surface area contributed by atoms with Crippen molar-refractivity contribution in [1.82, 2.24) is 0 Å². The minimum absolute atomic E-state index is 0.709. The quantitative estimate of drug-likeness (QED) is 0.777. The molecule has 2 aromatic carbocycles. The lowest BCUT2D eigenvalue weighted by Gasteiger charge is -2.03. The summed E-state index contributed by atoms with van der Waals surface area (Å²) < 4.78 is 0.947. The average molecular weight is 275 g/mol. The van der Waals surface area contributed by atoms with Crippen LogP contribution in [0.2, 0.25) is 0 Å². The summed E-state index contributed by atoms with van der Waals surface area (Å²) >= 11 is 3.41. The van der Waals surface area contributed by atoms with Crippen LogP contribution in [0.15, 0.2) is 53.0 Å². The zero-order chi connectivity index (χ0) is 11.4. The van der Waals surface area contributed by atoms with Crippen LogP contribution in [-0.4, -0.2) is 6.29 Å². The van der Waals surface area contributed by atoms with Gasteiger partial charge in [-0.25, -0.2) is 0 Å². The zero-order valence-electron chi connectivity index (χ0n) is 8.69. The van der Waals surface area contributed by atoms with Crippen LogP contribution >= 0.6 is 15.9 Å². The van der Waals surface area contributed by atoms with E-state index in [1.165, 1.54) is 5.56 Å². The summed E-state index contributed by atoms with van der Waals surface area (Å²) in [6.07, 6.45) is 1.72. The normalized spacial score (nSPS) is 10.1. The SMILES string of the molecule is O=Cc1cc(Br)cc(Cc2ccccc2)c1. The molecule has 2 aromatic rings. The first-order chi connectivity index (χ1) is 7.78. The maximum absolute atomic E-state index is 10.7. The van der Waals surface area contributed by atoms with Gasteiger partial charge in [0.1, 0.15) is 6.29 Å². The number of benzene rings is 2. The van der Waals surface area contributed by atoms with Gasteiger partial charge in [0, 0.05) is 10.0 Å². The number of hydrogen-bond donors (Lipinski definition) is 0. The van der Waals surface area contributed by atoms with E-state index in [-0.39, 0.29) is 0 Å². The highest BCUT2D eigenvalue weighted by atomic mass is 79.9. The molecule has 0 N–H and O–H groups in total. The molecular formula is C14H11BrO. The Bertz CT molecular complexity index is 491. The number of aldehydes is 1. The van der Waals surface area contributed by atoms with Gasteiger partial charge in [-0.05, 0) is 35.7 Å². The number of carbonyl (C=O) groups is 1. The summed E-state index contributed by atoms with van der Waals surface area (Å²) in [6, 6.07) is 16.0. The molecule has 0 heterocycles.